The first-order valence-corrected chi connectivity index (χ1v) is 7.38. The van der Waals surface area contributed by atoms with Gasteiger partial charge in [-0.3, -0.25) is 29.7 Å². The van der Waals surface area contributed by atoms with Crippen molar-refractivity contribution in [3.05, 3.63) is 55.4 Å². The summed E-state index contributed by atoms with van der Waals surface area (Å²) >= 11 is 0. The number of benzene rings is 1. The van der Waals surface area contributed by atoms with Gasteiger partial charge in [0.1, 0.15) is 23.5 Å². The van der Waals surface area contributed by atoms with Crippen LogP contribution in [0.1, 0.15) is 29.8 Å². The first-order chi connectivity index (χ1) is 13.0. The molecule has 1 heterocycles. The Bertz CT molecular complexity index is 911. The van der Waals surface area contributed by atoms with E-state index in [1.807, 2.05) is 0 Å². The standard InChI is InChI=1S/C14H11F4N5O5/c1-6-9(22(25)26)2-7(3-10(6)23(27)28)19-12(24)5-21-11(14(17)18)4-8(20-21)13(15)16/h2-4,13-14H,5H2,1H3,(H,19,24). The maximum absolute atomic E-state index is 12.9. The van der Waals surface area contributed by atoms with Crippen LogP contribution in [0.5, 0.6) is 0 Å². The number of nitrogens with one attached hydrogen (secondary N) is 1. The van der Waals surface area contributed by atoms with Gasteiger partial charge < -0.3 is 5.32 Å². The van der Waals surface area contributed by atoms with E-state index in [4.69, 9.17) is 0 Å². The molecule has 150 valence electrons. The Labute approximate surface area is 153 Å². The summed E-state index contributed by atoms with van der Waals surface area (Å²) in [5, 5.41) is 27.3. The Kier molecular flexibility index (Phi) is 5.90. The molecule has 14 heteroatoms. The van der Waals surface area contributed by atoms with Crippen LogP contribution in [0.15, 0.2) is 18.2 Å². The molecule has 1 aromatic carbocycles. The fourth-order valence-corrected chi connectivity index (χ4v) is 2.33. The molecule has 0 radical (unpaired) electrons. The molecular weight excluding hydrogens is 394 g/mol. The van der Waals surface area contributed by atoms with Crippen molar-refractivity contribution in [2.24, 2.45) is 0 Å². The first kappa shape index (κ1) is 20.7. The topological polar surface area (TPSA) is 133 Å². The number of nitrogens with zero attached hydrogens (tertiary/aromatic N) is 4. The molecule has 0 aliphatic rings. The number of carbonyl (C=O) groups is 1. The highest BCUT2D eigenvalue weighted by atomic mass is 19.3. The number of hydrogen-bond acceptors (Lipinski definition) is 6. The predicted octanol–water partition coefficient (Wildman–Crippen LogP) is 3.52. The monoisotopic (exact) mass is 405 g/mol. The van der Waals surface area contributed by atoms with Crippen molar-refractivity contribution >= 4 is 23.0 Å². The van der Waals surface area contributed by atoms with Crippen LogP contribution in [0.2, 0.25) is 0 Å². The number of alkyl halides is 4. The second-order valence-corrected chi connectivity index (χ2v) is 5.46. The third-order valence-electron chi connectivity index (χ3n) is 3.60. The summed E-state index contributed by atoms with van der Waals surface area (Å²) in [6.45, 7) is 0.230. The summed E-state index contributed by atoms with van der Waals surface area (Å²) in [4.78, 5) is 32.3. The van der Waals surface area contributed by atoms with Gasteiger partial charge >= 0.3 is 0 Å². The first-order valence-electron chi connectivity index (χ1n) is 7.38. The number of rotatable bonds is 7. The molecule has 0 saturated heterocycles. The molecule has 2 rings (SSSR count). The van der Waals surface area contributed by atoms with E-state index >= 15 is 0 Å². The zero-order valence-electron chi connectivity index (χ0n) is 13.9. The van der Waals surface area contributed by atoms with Gasteiger partial charge in [-0.15, -0.1) is 0 Å². The van der Waals surface area contributed by atoms with Gasteiger partial charge in [0.15, 0.2) is 0 Å². The number of anilines is 1. The molecule has 0 fully saturated rings. The third-order valence-corrected chi connectivity index (χ3v) is 3.60. The Morgan fingerprint density at radius 1 is 1.11 bits per heavy atom. The summed E-state index contributed by atoms with van der Waals surface area (Å²) in [5.41, 5.74) is -3.75. The number of nitro groups is 2. The maximum Gasteiger partial charge on any atom is 0.282 e. The van der Waals surface area contributed by atoms with Gasteiger partial charge in [-0.1, -0.05) is 0 Å². The molecule has 0 aliphatic heterocycles. The molecule has 0 unspecified atom stereocenters. The van der Waals surface area contributed by atoms with E-state index in [1.54, 1.807) is 0 Å². The summed E-state index contributed by atoms with van der Waals surface area (Å²) in [6, 6.07) is 2.15. The van der Waals surface area contributed by atoms with Crippen LogP contribution in [0.3, 0.4) is 0 Å². The quantitative estimate of drug-likeness (QED) is 0.426. The Morgan fingerprint density at radius 3 is 2.07 bits per heavy atom. The second-order valence-electron chi connectivity index (χ2n) is 5.46. The normalized spacial score (nSPS) is 11.1. The smallest absolute Gasteiger partial charge is 0.282 e. The lowest BCUT2D eigenvalue weighted by Gasteiger charge is -2.09. The van der Waals surface area contributed by atoms with Gasteiger partial charge in [0.2, 0.25) is 5.91 Å². The molecule has 1 aromatic heterocycles. The highest BCUT2D eigenvalue weighted by Gasteiger charge is 2.25. The van der Waals surface area contributed by atoms with Crippen LogP contribution >= 0.6 is 0 Å². The SMILES string of the molecule is Cc1c([N+](=O)[O-])cc(NC(=O)Cn2nc(C(F)F)cc2C(F)F)cc1[N+](=O)[O-]. The Hall–Kier alpha value is -3.58. The minimum atomic E-state index is -3.19. The largest absolute Gasteiger partial charge is 0.324 e. The molecule has 0 atom stereocenters. The van der Waals surface area contributed by atoms with Gasteiger partial charge in [0, 0.05) is 12.1 Å². The molecule has 10 nitrogen and oxygen atoms in total. The minimum absolute atomic E-state index is 0.248. The van der Waals surface area contributed by atoms with Gasteiger partial charge in [-0.2, -0.15) is 5.10 Å². The molecule has 0 saturated carbocycles. The van der Waals surface area contributed by atoms with Gasteiger partial charge in [0.05, 0.1) is 15.5 Å². The molecule has 1 amide bonds. The van der Waals surface area contributed by atoms with Crippen molar-refractivity contribution in [2.45, 2.75) is 26.3 Å². The molecular formula is C14H11F4N5O5. The maximum atomic E-state index is 12.9. The zero-order chi connectivity index (χ0) is 21.2. The number of aromatic nitrogens is 2. The van der Waals surface area contributed by atoms with Crippen molar-refractivity contribution in [2.75, 3.05) is 5.32 Å². The second kappa shape index (κ2) is 7.98. The van der Waals surface area contributed by atoms with Crippen molar-refractivity contribution < 1.29 is 32.2 Å². The fraction of sp³-hybridized carbons (Fsp3) is 0.286. The average Bonchev–Trinajstić information content (AvgIpc) is 2.99. The van der Waals surface area contributed by atoms with Gasteiger partial charge in [-0.25, -0.2) is 17.6 Å². The molecule has 0 bridgehead atoms. The third kappa shape index (κ3) is 4.39. The van der Waals surface area contributed by atoms with Crippen molar-refractivity contribution in [3.8, 4) is 0 Å². The van der Waals surface area contributed by atoms with E-state index in [0.29, 0.717) is 10.7 Å². The van der Waals surface area contributed by atoms with Crippen molar-refractivity contribution in [1.29, 1.82) is 0 Å². The molecule has 0 aliphatic carbocycles. The Balaban J connectivity index is 2.31. The van der Waals surface area contributed by atoms with E-state index in [0.717, 1.165) is 19.1 Å². The predicted molar refractivity (Wildman–Crippen MR) is 85.3 cm³/mol. The number of hydrogen-bond donors (Lipinski definition) is 1. The van der Waals surface area contributed by atoms with E-state index in [-0.39, 0.29) is 11.3 Å². The number of halogens is 4. The molecule has 28 heavy (non-hydrogen) atoms. The molecule has 2 aromatic rings. The highest BCUT2D eigenvalue weighted by Crippen LogP contribution is 2.32. The lowest BCUT2D eigenvalue weighted by atomic mass is 10.1. The highest BCUT2D eigenvalue weighted by molar-refractivity contribution is 5.91. The van der Waals surface area contributed by atoms with Crippen LogP contribution in [-0.2, 0) is 11.3 Å². The lowest BCUT2D eigenvalue weighted by Crippen LogP contribution is -2.21. The van der Waals surface area contributed by atoms with Gasteiger partial charge in [0.25, 0.3) is 24.2 Å². The van der Waals surface area contributed by atoms with E-state index in [2.05, 4.69) is 10.4 Å². The molecule has 0 spiro atoms. The van der Waals surface area contributed by atoms with E-state index < -0.39 is 57.9 Å². The summed E-state index contributed by atoms with van der Waals surface area (Å²) < 4.78 is 51.5. The summed E-state index contributed by atoms with van der Waals surface area (Å²) in [5.74, 6) is -1.06. The number of amides is 1. The average molecular weight is 405 g/mol. The van der Waals surface area contributed by atoms with Crippen molar-refractivity contribution in [1.82, 2.24) is 9.78 Å². The van der Waals surface area contributed by atoms with Gasteiger partial charge in [-0.05, 0) is 13.0 Å². The molecule has 1 N–H and O–H groups in total. The lowest BCUT2D eigenvalue weighted by molar-refractivity contribution is -0.395. The zero-order valence-corrected chi connectivity index (χ0v) is 13.9. The van der Waals surface area contributed by atoms with E-state index in [9.17, 15) is 42.6 Å². The fourth-order valence-electron chi connectivity index (χ4n) is 2.33. The van der Waals surface area contributed by atoms with Crippen LogP contribution in [0.4, 0.5) is 34.6 Å². The Morgan fingerprint density at radius 2 is 1.64 bits per heavy atom. The number of carbonyl (C=O) groups excluding carboxylic acids is 1. The van der Waals surface area contributed by atoms with Crippen LogP contribution in [0.25, 0.3) is 0 Å². The number of nitro benzene ring substituents is 2. The van der Waals surface area contributed by atoms with Crippen LogP contribution in [0, 0.1) is 27.2 Å². The van der Waals surface area contributed by atoms with E-state index in [1.165, 1.54) is 0 Å². The summed E-state index contributed by atoms with van der Waals surface area (Å²) in [6.07, 6.45) is -6.32. The minimum Gasteiger partial charge on any atom is -0.324 e. The van der Waals surface area contributed by atoms with Crippen molar-refractivity contribution in [3.63, 3.8) is 0 Å². The van der Waals surface area contributed by atoms with Crippen LogP contribution in [-0.4, -0.2) is 25.5 Å². The summed E-state index contributed by atoms with van der Waals surface area (Å²) in [7, 11) is 0. The van der Waals surface area contributed by atoms with Crippen LogP contribution < -0.4 is 5.32 Å².